The minimum Gasteiger partial charge on any atom is -0.388 e. The van der Waals surface area contributed by atoms with Gasteiger partial charge in [-0.25, -0.2) is 0 Å². The smallest absolute Gasteiger partial charge is 0.0851 e. The molecule has 1 saturated heterocycles. The molecule has 0 aliphatic carbocycles. The van der Waals surface area contributed by atoms with Crippen LogP contribution in [0.2, 0.25) is 5.02 Å². The lowest BCUT2D eigenvalue weighted by molar-refractivity contribution is -0.0237. The van der Waals surface area contributed by atoms with Crippen LogP contribution in [0.3, 0.4) is 0 Å². The van der Waals surface area contributed by atoms with Crippen molar-refractivity contribution in [3.63, 3.8) is 0 Å². The lowest BCUT2D eigenvalue weighted by Crippen LogP contribution is -2.48. The summed E-state index contributed by atoms with van der Waals surface area (Å²) < 4.78 is 1.94. The van der Waals surface area contributed by atoms with Crippen molar-refractivity contribution < 1.29 is 5.11 Å². The number of likely N-dealkylation sites (tertiary alicyclic amines) is 1. The van der Waals surface area contributed by atoms with Crippen LogP contribution in [0.4, 0.5) is 0 Å². The van der Waals surface area contributed by atoms with E-state index in [2.05, 4.69) is 30.9 Å². The van der Waals surface area contributed by atoms with Crippen molar-refractivity contribution in [3.8, 4) is 0 Å². The van der Waals surface area contributed by atoms with E-state index in [1.54, 1.807) is 0 Å². The quantitative estimate of drug-likeness (QED) is 0.921. The maximum atomic E-state index is 10.8. The molecule has 108 valence electrons. The molecule has 1 unspecified atom stereocenters. The summed E-state index contributed by atoms with van der Waals surface area (Å²) in [6, 6.07) is 0. The first kappa shape index (κ1) is 14.8. The van der Waals surface area contributed by atoms with Gasteiger partial charge < -0.3 is 10.0 Å². The zero-order chi connectivity index (χ0) is 14.0. The van der Waals surface area contributed by atoms with Gasteiger partial charge in [0.25, 0.3) is 0 Å². The Labute approximate surface area is 120 Å². The van der Waals surface area contributed by atoms with Gasteiger partial charge >= 0.3 is 0 Å². The average Bonchev–Trinajstić information content (AvgIpc) is 2.65. The minimum atomic E-state index is -0.672. The Bertz CT molecular complexity index is 446. The Hall–Kier alpha value is -0.580. The van der Waals surface area contributed by atoms with Crippen LogP contribution in [0.15, 0.2) is 0 Å². The Morgan fingerprint density at radius 3 is 2.74 bits per heavy atom. The molecule has 1 aliphatic heterocycles. The fourth-order valence-electron chi connectivity index (χ4n) is 2.98. The summed E-state index contributed by atoms with van der Waals surface area (Å²) in [4.78, 5) is 2.19. The fourth-order valence-corrected chi connectivity index (χ4v) is 3.32. The maximum absolute atomic E-state index is 10.8. The summed E-state index contributed by atoms with van der Waals surface area (Å²) in [7, 11) is 2.06. The molecule has 0 amide bonds. The van der Waals surface area contributed by atoms with E-state index in [1.165, 1.54) is 0 Å². The van der Waals surface area contributed by atoms with Gasteiger partial charge in [-0.15, -0.1) is 0 Å². The average molecular weight is 286 g/mol. The highest BCUT2D eigenvalue weighted by Gasteiger charge is 2.34. The third-order valence-electron chi connectivity index (χ3n) is 3.94. The topological polar surface area (TPSA) is 41.3 Å². The van der Waals surface area contributed by atoms with Crippen molar-refractivity contribution in [2.45, 2.75) is 51.7 Å². The van der Waals surface area contributed by atoms with E-state index >= 15 is 0 Å². The van der Waals surface area contributed by atoms with E-state index in [0.717, 1.165) is 48.8 Å². The number of likely N-dealkylation sites (N-methyl/N-ethyl adjacent to an activating group) is 1. The summed E-state index contributed by atoms with van der Waals surface area (Å²) >= 11 is 6.42. The lowest BCUT2D eigenvalue weighted by atomic mass is 9.88. The molecule has 1 aliphatic rings. The zero-order valence-electron chi connectivity index (χ0n) is 12.1. The molecule has 1 aromatic rings. The normalized spacial score (nSPS) is 24.9. The molecule has 0 spiro atoms. The summed E-state index contributed by atoms with van der Waals surface area (Å²) in [6.45, 7) is 6.67. The predicted molar refractivity (Wildman–Crippen MR) is 77.7 cm³/mol. The highest BCUT2D eigenvalue weighted by atomic mass is 35.5. The Morgan fingerprint density at radius 2 is 2.16 bits per heavy atom. The van der Waals surface area contributed by atoms with Crippen molar-refractivity contribution in [2.75, 3.05) is 20.1 Å². The number of β-amino-alcohol motifs (C(OH)–C–C–N with tert-alkyl or cyclic N) is 1. The van der Waals surface area contributed by atoms with Crippen LogP contribution in [0.25, 0.3) is 0 Å². The second kappa shape index (κ2) is 5.81. The molecule has 1 N–H and O–H groups in total. The van der Waals surface area contributed by atoms with Gasteiger partial charge in [-0.3, -0.25) is 4.68 Å². The molecule has 4 nitrogen and oxygen atoms in total. The summed E-state index contributed by atoms with van der Waals surface area (Å²) in [5.41, 5.74) is 1.25. The van der Waals surface area contributed by atoms with Crippen LogP contribution in [0, 0.1) is 0 Å². The molecule has 19 heavy (non-hydrogen) atoms. The summed E-state index contributed by atoms with van der Waals surface area (Å²) in [5.74, 6) is 0. The molecule has 5 heteroatoms. The highest BCUT2D eigenvalue weighted by Crippen LogP contribution is 2.29. The van der Waals surface area contributed by atoms with Crippen LogP contribution < -0.4 is 0 Å². The first-order chi connectivity index (χ1) is 8.99. The molecule has 1 atom stereocenters. The number of aromatic nitrogens is 2. The van der Waals surface area contributed by atoms with E-state index < -0.39 is 5.60 Å². The van der Waals surface area contributed by atoms with Crippen molar-refractivity contribution >= 4 is 11.6 Å². The van der Waals surface area contributed by atoms with Gasteiger partial charge in [0.15, 0.2) is 0 Å². The van der Waals surface area contributed by atoms with Gasteiger partial charge in [0.2, 0.25) is 0 Å². The molecule has 0 radical (unpaired) electrons. The molecule has 1 fully saturated rings. The Morgan fingerprint density at radius 1 is 1.42 bits per heavy atom. The van der Waals surface area contributed by atoms with Gasteiger partial charge in [0.05, 0.1) is 22.0 Å². The van der Waals surface area contributed by atoms with Crippen LogP contribution in [-0.2, 0) is 19.4 Å². The SMILES string of the molecule is CCc1nn(CC)c(CC2(O)CCCN(C)C2)c1Cl. The van der Waals surface area contributed by atoms with Gasteiger partial charge in [0.1, 0.15) is 0 Å². The molecular weight excluding hydrogens is 262 g/mol. The second-order valence-electron chi connectivity index (χ2n) is 5.62. The zero-order valence-corrected chi connectivity index (χ0v) is 12.9. The van der Waals surface area contributed by atoms with Crippen LogP contribution in [-0.4, -0.2) is 45.5 Å². The molecule has 2 rings (SSSR count). The Balaban J connectivity index is 2.24. The maximum Gasteiger partial charge on any atom is 0.0851 e. The molecule has 1 aromatic heterocycles. The number of rotatable bonds is 4. The van der Waals surface area contributed by atoms with E-state index in [0.29, 0.717) is 13.0 Å². The van der Waals surface area contributed by atoms with Gasteiger partial charge in [0, 0.05) is 19.5 Å². The number of aliphatic hydroxyl groups is 1. The third-order valence-corrected chi connectivity index (χ3v) is 4.37. The first-order valence-electron chi connectivity index (χ1n) is 7.14. The molecule has 0 aromatic carbocycles. The summed E-state index contributed by atoms with van der Waals surface area (Å²) in [5, 5.41) is 16.0. The molecule has 0 bridgehead atoms. The molecule has 0 saturated carbocycles. The van der Waals surface area contributed by atoms with Crippen molar-refractivity contribution in [3.05, 3.63) is 16.4 Å². The minimum absolute atomic E-state index is 0.594. The number of nitrogens with zero attached hydrogens (tertiary/aromatic N) is 3. The third kappa shape index (κ3) is 3.12. The highest BCUT2D eigenvalue weighted by molar-refractivity contribution is 6.31. The van der Waals surface area contributed by atoms with Gasteiger partial charge in [-0.2, -0.15) is 5.10 Å². The van der Waals surface area contributed by atoms with Gasteiger partial charge in [-0.1, -0.05) is 18.5 Å². The van der Waals surface area contributed by atoms with Crippen LogP contribution in [0.1, 0.15) is 38.1 Å². The predicted octanol–water partition coefficient (Wildman–Crippen LogP) is 2.12. The van der Waals surface area contributed by atoms with Crippen molar-refractivity contribution in [2.24, 2.45) is 0 Å². The van der Waals surface area contributed by atoms with Crippen LogP contribution in [0.5, 0.6) is 0 Å². The largest absolute Gasteiger partial charge is 0.388 e. The standard InChI is InChI=1S/C14H24ClN3O/c1-4-11-13(15)12(18(5-2)16-11)9-14(19)7-6-8-17(3)10-14/h19H,4-10H2,1-3H3. The van der Waals surface area contributed by atoms with E-state index in [9.17, 15) is 5.11 Å². The second-order valence-corrected chi connectivity index (χ2v) is 6.00. The number of piperidine rings is 1. The fraction of sp³-hybridized carbons (Fsp3) is 0.786. The number of hydrogen-bond donors (Lipinski definition) is 1. The van der Waals surface area contributed by atoms with E-state index in [4.69, 9.17) is 11.6 Å². The van der Waals surface area contributed by atoms with Crippen molar-refractivity contribution in [1.82, 2.24) is 14.7 Å². The summed E-state index contributed by atoms with van der Waals surface area (Å²) in [6.07, 6.45) is 3.30. The van der Waals surface area contributed by atoms with E-state index in [1.807, 2.05) is 4.68 Å². The number of hydrogen-bond acceptors (Lipinski definition) is 3. The monoisotopic (exact) mass is 285 g/mol. The van der Waals surface area contributed by atoms with Crippen LogP contribution >= 0.6 is 11.6 Å². The van der Waals surface area contributed by atoms with E-state index in [-0.39, 0.29) is 0 Å². The number of halogens is 1. The Kier molecular flexibility index (Phi) is 4.54. The van der Waals surface area contributed by atoms with Crippen molar-refractivity contribution in [1.29, 1.82) is 0 Å². The lowest BCUT2D eigenvalue weighted by Gasteiger charge is -2.37. The first-order valence-corrected chi connectivity index (χ1v) is 7.52. The van der Waals surface area contributed by atoms with Gasteiger partial charge in [-0.05, 0) is 39.8 Å². The molecular formula is C14H24ClN3O. The number of aryl methyl sites for hydroxylation is 2. The molecule has 2 heterocycles.